The monoisotopic (exact) mass is 491 g/mol. The maximum Gasteiger partial charge on any atom is 0.417 e. The largest absolute Gasteiger partial charge is 0.417 e. The van der Waals surface area contributed by atoms with Crippen LogP contribution in [0, 0.1) is 19.8 Å². The van der Waals surface area contributed by atoms with Crippen molar-refractivity contribution in [1.29, 1.82) is 0 Å². The van der Waals surface area contributed by atoms with Gasteiger partial charge in [-0.1, -0.05) is 29.8 Å². The van der Waals surface area contributed by atoms with E-state index in [2.05, 4.69) is 15.4 Å². The summed E-state index contributed by atoms with van der Waals surface area (Å²) in [5, 5.41) is 7.60. The van der Waals surface area contributed by atoms with Crippen LogP contribution < -0.4 is 10.2 Å². The van der Waals surface area contributed by atoms with Crippen LogP contribution in [0.3, 0.4) is 0 Å². The summed E-state index contributed by atoms with van der Waals surface area (Å²) in [7, 11) is 0. The Labute approximate surface area is 200 Å². The highest BCUT2D eigenvalue weighted by Gasteiger charge is 2.33. The van der Waals surface area contributed by atoms with E-state index in [1.165, 1.54) is 0 Å². The van der Waals surface area contributed by atoms with Crippen LogP contribution in [0.1, 0.15) is 35.4 Å². The van der Waals surface area contributed by atoms with Crippen molar-refractivity contribution >= 4 is 23.3 Å². The summed E-state index contributed by atoms with van der Waals surface area (Å²) in [6, 6.07) is 10.7. The topological polar surface area (TPSA) is 63.1 Å². The molecule has 1 N–H and O–H groups in total. The van der Waals surface area contributed by atoms with Gasteiger partial charge in [-0.25, -0.2) is 9.67 Å². The lowest BCUT2D eigenvalue weighted by atomic mass is 9.95. The highest BCUT2D eigenvalue weighted by molar-refractivity contribution is 6.33. The maximum absolute atomic E-state index is 12.9. The van der Waals surface area contributed by atoms with Crippen molar-refractivity contribution in [2.24, 2.45) is 5.92 Å². The number of alkyl halides is 3. The summed E-state index contributed by atoms with van der Waals surface area (Å²) in [5.41, 5.74) is 2.90. The molecule has 6 nitrogen and oxygen atoms in total. The number of halogens is 4. The number of rotatable bonds is 5. The molecule has 1 aromatic carbocycles. The van der Waals surface area contributed by atoms with Crippen molar-refractivity contribution in [3.8, 4) is 5.69 Å². The van der Waals surface area contributed by atoms with Gasteiger partial charge >= 0.3 is 6.18 Å². The van der Waals surface area contributed by atoms with Gasteiger partial charge in [0.05, 0.1) is 22.0 Å². The molecule has 0 radical (unpaired) electrons. The molecule has 1 fully saturated rings. The molecule has 0 atom stereocenters. The molecule has 34 heavy (non-hydrogen) atoms. The third-order valence-electron chi connectivity index (χ3n) is 6.20. The van der Waals surface area contributed by atoms with Crippen molar-refractivity contribution < 1.29 is 18.0 Å². The Morgan fingerprint density at radius 2 is 1.85 bits per heavy atom. The van der Waals surface area contributed by atoms with Crippen LogP contribution in [0.5, 0.6) is 0 Å². The summed E-state index contributed by atoms with van der Waals surface area (Å²) in [5.74, 6) is 0.0831. The summed E-state index contributed by atoms with van der Waals surface area (Å²) in [4.78, 5) is 18.6. The Morgan fingerprint density at radius 1 is 1.18 bits per heavy atom. The number of carbonyl (C=O) groups excluding carboxylic acids is 1. The molecule has 4 rings (SSSR count). The summed E-state index contributed by atoms with van der Waals surface area (Å²) >= 11 is 6.07. The molecule has 0 spiro atoms. The Morgan fingerprint density at radius 3 is 2.47 bits per heavy atom. The van der Waals surface area contributed by atoms with E-state index in [4.69, 9.17) is 11.6 Å². The Balaban J connectivity index is 1.35. The molecule has 3 heterocycles. The molecular weight excluding hydrogens is 467 g/mol. The quantitative estimate of drug-likeness (QED) is 0.540. The van der Waals surface area contributed by atoms with E-state index in [0.717, 1.165) is 34.9 Å². The van der Waals surface area contributed by atoms with Crippen LogP contribution in [-0.4, -0.2) is 33.8 Å². The van der Waals surface area contributed by atoms with Gasteiger partial charge in [0.1, 0.15) is 5.82 Å². The van der Waals surface area contributed by atoms with E-state index in [1.807, 2.05) is 53.8 Å². The summed E-state index contributed by atoms with van der Waals surface area (Å²) in [6.07, 6.45) is -2.58. The second kappa shape index (κ2) is 9.66. The van der Waals surface area contributed by atoms with Gasteiger partial charge in [0.15, 0.2) is 0 Å². The van der Waals surface area contributed by atoms with Gasteiger partial charge in [-0.2, -0.15) is 18.3 Å². The van der Waals surface area contributed by atoms with E-state index in [9.17, 15) is 18.0 Å². The number of nitrogens with one attached hydrogen (secondary N) is 1. The average Bonchev–Trinajstić information content (AvgIpc) is 3.10. The van der Waals surface area contributed by atoms with E-state index < -0.39 is 11.7 Å². The van der Waals surface area contributed by atoms with E-state index in [1.54, 1.807) is 0 Å². The third kappa shape index (κ3) is 5.04. The van der Waals surface area contributed by atoms with Gasteiger partial charge in [0.2, 0.25) is 5.91 Å². The number of pyridine rings is 1. The smallest absolute Gasteiger partial charge is 0.355 e. The first-order chi connectivity index (χ1) is 16.1. The van der Waals surface area contributed by atoms with Crippen LogP contribution in [0.25, 0.3) is 5.69 Å². The molecule has 180 valence electrons. The molecule has 1 aliphatic heterocycles. The lowest BCUT2D eigenvalue weighted by Gasteiger charge is -2.32. The fourth-order valence-corrected chi connectivity index (χ4v) is 4.53. The first-order valence-electron chi connectivity index (χ1n) is 11.0. The number of para-hydroxylation sites is 1. The molecular formula is C24H25ClF3N5O. The first-order valence-corrected chi connectivity index (χ1v) is 11.4. The second-order valence-electron chi connectivity index (χ2n) is 8.40. The number of hydrogen-bond acceptors (Lipinski definition) is 4. The number of carbonyl (C=O) groups is 1. The average molecular weight is 492 g/mol. The lowest BCUT2D eigenvalue weighted by Crippen LogP contribution is -2.40. The standard InChI is InChI=1S/C24H25ClF3N5O/c1-15-20(16(2)33(31-15)19-6-4-3-5-7-19)14-30-23(34)17-8-10-32(11-9-17)22-21(25)12-18(13-29-22)24(26,27)28/h3-7,12-13,17H,8-11,14H2,1-2H3,(H,30,34). The molecule has 1 saturated heterocycles. The van der Waals surface area contributed by atoms with E-state index in [0.29, 0.717) is 38.3 Å². The van der Waals surface area contributed by atoms with Crippen LogP contribution >= 0.6 is 11.6 Å². The van der Waals surface area contributed by atoms with Gasteiger partial charge in [0, 0.05) is 43.0 Å². The van der Waals surface area contributed by atoms with Gasteiger partial charge in [0.25, 0.3) is 0 Å². The molecule has 10 heteroatoms. The minimum absolute atomic E-state index is 0.0425. The zero-order chi connectivity index (χ0) is 24.5. The molecule has 2 aromatic heterocycles. The number of hydrogen-bond donors (Lipinski definition) is 1. The van der Waals surface area contributed by atoms with E-state index >= 15 is 0 Å². The number of aryl methyl sites for hydroxylation is 1. The van der Waals surface area contributed by atoms with Gasteiger partial charge < -0.3 is 10.2 Å². The Kier molecular flexibility index (Phi) is 6.84. The summed E-state index contributed by atoms with van der Waals surface area (Å²) in [6.45, 7) is 5.26. The number of anilines is 1. The van der Waals surface area contributed by atoms with Crippen molar-refractivity contribution in [3.63, 3.8) is 0 Å². The predicted molar refractivity (Wildman–Crippen MR) is 124 cm³/mol. The maximum atomic E-state index is 12.9. The third-order valence-corrected chi connectivity index (χ3v) is 6.47. The van der Waals surface area contributed by atoms with Crippen molar-refractivity contribution in [3.05, 3.63) is 70.1 Å². The number of benzene rings is 1. The minimum Gasteiger partial charge on any atom is -0.355 e. The van der Waals surface area contributed by atoms with Gasteiger partial charge in [-0.15, -0.1) is 0 Å². The molecule has 3 aromatic rings. The molecule has 1 aliphatic rings. The van der Waals surface area contributed by atoms with Crippen LogP contribution in [0.15, 0.2) is 42.6 Å². The van der Waals surface area contributed by atoms with Gasteiger partial charge in [-0.3, -0.25) is 4.79 Å². The number of piperidine rings is 1. The molecule has 0 aliphatic carbocycles. The zero-order valence-corrected chi connectivity index (χ0v) is 19.6. The van der Waals surface area contributed by atoms with Gasteiger partial charge in [-0.05, 0) is 44.9 Å². The van der Waals surface area contributed by atoms with Crippen LogP contribution in [0.4, 0.5) is 19.0 Å². The first kappa shape index (κ1) is 24.1. The van der Waals surface area contributed by atoms with E-state index in [-0.39, 0.29) is 16.8 Å². The number of nitrogens with zero attached hydrogens (tertiary/aromatic N) is 4. The summed E-state index contributed by atoms with van der Waals surface area (Å²) < 4.78 is 40.4. The highest BCUT2D eigenvalue weighted by atomic mass is 35.5. The van der Waals surface area contributed by atoms with Crippen LogP contribution in [0.2, 0.25) is 5.02 Å². The molecule has 0 saturated carbocycles. The van der Waals surface area contributed by atoms with Crippen molar-refractivity contribution in [2.75, 3.05) is 18.0 Å². The highest BCUT2D eigenvalue weighted by Crippen LogP contribution is 2.34. The fourth-order valence-electron chi connectivity index (χ4n) is 4.24. The molecule has 0 bridgehead atoms. The Hall–Kier alpha value is -3.07. The molecule has 0 unspecified atom stereocenters. The number of amides is 1. The minimum atomic E-state index is -4.49. The lowest BCUT2D eigenvalue weighted by molar-refractivity contribution is -0.137. The molecule has 1 amide bonds. The normalized spacial score (nSPS) is 14.9. The van der Waals surface area contributed by atoms with Crippen molar-refractivity contribution in [1.82, 2.24) is 20.1 Å². The fraction of sp³-hybridized carbons (Fsp3) is 0.375. The Bertz CT molecular complexity index is 1170. The zero-order valence-electron chi connectivity index (χ0n) is 18.9. The predicted octanol–water partition coefficient (Wildman–Crippen LogP) is 5.09. The second-order valence-corrected chi connectivity index (χ2v) is 8.81. The number of aromatic nitrogens is 3. The van der Waals surface area contributed by atoms with Crippen molar-refractivity contribution in [2.45, 2.75) is 39.4 Å². The van der Waals surface area contributed by atoms with Crippen LogP contribution in [-0.2, 0) is 17.5 Å². The SMILES string of the molecule is Cc1nn(-c2ccccc2)c(C)c1CNC(=O)C1CCN(c2ncc(C(F)(F)F)cc2Cl)CC1.